The summed E-state index contributed by atoms with van der Waals surface area (Å²) < 4.78 is 34.0. The Morgan fingerprint density at radius 3 is 2.08 bits per heavy atom. The van der Waals surface area contributed by atoms with Crippen molar-refractivity contribution in [2.75, 3.05) is 66.7 Å². The molecule has 0 amide bonds. The van der Waals surface area contributed by atoms with Gasteiger partial charge in [-0.2, -0.15) is 0 Å². The molecule has 48 heavy (non-hydrogen) atoms. The molecule has 2 rings (SSSR count). The molecular formula is C37H59N3O8. The van der Waals surface area contributed by atoms with Gasteiger partial charge in [0.25, 0.3) is 0 Å². The number of hydrogen-bond donors (Lipinski definition) is 1. The Morgan fingerprint density at radius 2 is 1.50 bits per heavy atom. The van der Waals surface area contributed by atoms with Gasteiger partial charge in [-0.15, -0.1) is 0 Å². The van der Waals surface area contributed by atoms with Gasteiger partial charge in [0, 0.05) is 43.9 Å². The van der Waals surface area contributed by atoms with E-state index in [4.69, 9.17) is 34.2 Å². The lowest BCUT2D eigenvalue weighted by Gasteiger charge is -2.36. The maximum absolute atomic E-state index is 13.3. The van der Waals surface area contributed by atoms with Gasteiger partial charge < -0.3 is 38.9 Å². The zero-order valence-corrected chi connectivity index (χ0v) is 29.8. The van der Waals surface area contributed by atoms with Gasteiger partial charge in [-0.05, 0) is 58.7 Å². The maximum Gasteiger partial charge on any atom is 0.320 e. The fourth-order valence-electron chi connectivity index (χ4n) is 5.10. The standard InChI is InChI=1S/C37H59N3O8/c1-6-7-22-44-29-46-34-17-10-8-14-31(34)25-39(20-21-41)27-33(16-12-13-19-38)40(28-36(42)48-37(2,3)4)26-32-15-9-11-18-35(32)47-30-45-24-23-43-5/h8-11,14-15,17-18,21,33H,6-7,12-13,16,19-20,22-30,38H2,1-5H3. The van der Waals surface area contributed by atoms with E-state index in [0.717, 1.165) is 49.5 Å². The highest BCUT2D eigenvalue weighted by Crippen LogP contribution is 2.25. The first-order valence-corrected chi connectivity index (χ1v) is 17.1. The number of para-hydroxylation sites is 2. The highest BCUT2D eigenvalue weighted by atomic mass is 16.7. The van der Waals surface area contributed by atoms with Gasteiger partial charge in [-0.1, -0.05) is 56.2 Å². The smallest absolute Gasteiger partial charge is 0.320 e. The molecule has 270 valence electrons. The number of carbonyl (C=O) groups is 2. The lowest BCUT2D eigenvalue weighted by Crippen LogP contribution is -2.47. The molecule has 1 atom stereocenters. The third-order valence-electron chi connectivity index (χ3n) is 7.44. The molecule has 0 aliphatic heterocycles. The first-order valence-electron chi connectivity index (χ1n) is 17.1. The first kappa shape index (κ1) is 41.1. The van der Waals surface area contributed by atoms with Gasteiger partial charge in [-0.3, -0.25) is 14.6 Å². The van der Waals surface area contributed by atoms with Crippen molar-refractivity contribution in [3.05, 3.63) is 59.7 Å². The molecule has 2 aromatic carbocycles. The van der Waals surface area contributed by atoms with Crippen LogP contribution in [0.5, 0.6) is 11.5 Å². The number of rotatable bonds is 27. The van der Waals surface area contributed by atoms with Crippen LogP contribution in [0.4, 0.5) is 0 Å². The molecule has 2 N–H and O–H groups in total. The predicted molar refractivity (Wildman–Crippen MR) is 187 cm³/mol. The van der Waals surface area contributed by atoms with E-state index >= 15 is 0 Å². The summed E-state index contributed by atoms with van der Waals surface area (Å²) in [5.41, 5.74) is 7.11. The van der Waals surface area contributed by atoms with Gasteiger partial charge >= 0.3 is 5.97 Å². The van der Waals surface area contributed by atoms with E-state index in [2.05, 4.69) is 16.7 Å². The summed E-state index contributed by atoms with van der Waals surface area (Å²) in [6, 6.07) is 15.4. The lowest BCUT2D eigenvalue weighted by atomic mass is 10.0. The van der Waals surface area contributed by atoms with Crippen molar-refractivity contribution in [2.24, 2.45) is 5.73 Å². The van der Waals surface area contributed by atoms with E-state index in [1.165, 1.54) is 0 Å². The summed E-state index contributed by atoms with van der Waals surface area (Å²) in [5.74, 6) is 1.06. The minimum Gasteiger partial charge on any atom is -0.467 e. The van der Waals surface area contributed by atoms with Crippen LogP contribution in [0.25, 0.3) is 0 Å². The predicted octanol–water partition coefficient (Wildman–Crippen LogP) is 5.18. The Balaban J connectivity index is 2.36. The average molecular weight is 674 g/mol. The SMILES string of the molecule is CCCCOCOc1ccccc1CN(CC=O)CC(CCCCN)N(CC(=O)OC(C)(C)C)Cc1ccccc1OCOCCOC. The molecule has 0 spiro atoms. The molecule has 0 saturated heterocycles. The molecule has 0 fully saturated rings. The first-order chi connectivity index (χ1) is 23.2. The van der Waals surface area contributed by atoms with E-state index in [-0.39, 0.29) is 38.7 Å². The molecule has 0 aromatic heterocycles. The van der Waals surface area contributed by atoms with Gasteiger partial charge in [-0.25, -0.2) is 0 Å². The average Bonchev–Trinajstić information content (AvgIpc) is 3.04. The van der Waals surface area contributed by atoms with Crippen LogP contribution < -0.4 is 15.2 Å². The highest BCUT2D eigenvalue weighted by Gasteiger charge is 2.27. The molecule has 0 aliphatic rings. The van der Waals surface area contributed by atoms with Crippen LogP contribution in [-0.4, -0.2) is 100 Å². The Hall–Kier alpha value is -3.06. The van der Waals surface area contributed by atoms with Crippen molar-refractivity contribution >= 4 is 12.3 Å². The second kappa shape index (κ2) is 24.1. The van der Waals surface area contributed by atoms with E-state index in [0.29, 0.717) is 57.5 Å². The minimum atomic E-state index is -0.633. The monoisotopic (exact) mass is 673 g/mol. The third-order valence-corrected chi connectivity index (χ3v) is 7.44. The van der Waals surface area contributed by atoms with Crippen LogP contribution in [0.1, 0.15) is 70.9 Å². The number of benzene rings is 2. The Kier molecular flexibility index (Phi) is 20.7. The molecule has 0 heterocycles. The minimum absolute atomic E-state index is 0.0625. The second-order valence-electron chi connectivity index (χ2n) is 12.7. The van der Waals surface area contributed by atoms with Crippen LogP contribution in [0.2, 0.25) is 0 Å². The summed E-state index contributed by atoms with van der Waals surface area (Å²) in [7, 11) is 1.62. The van der Waals surface area contributed by atoms with Crippen LogP contribution >= 0.6 is 0 Å². The Morgan fingerprint density at radius 1 is 0.875 bits per heavy atom. The number of esters is 1. The number of unbranched alkanes of at least 4 members (excludes halogenated alkanes) is 2. The molecule has 0 aliphatic carbocycles. The fraction of sp³-hybridized carbons (Fsp3) is 0.622. The van der Waals surface area contributed by atoms with E-state index in [1.807, 2.05) is 69.3 Å². The van der Waals surface area contributed by atoms with E-state index in [9.17, 15) is 9.59 Å². The number of carbonyl (C=O) groups excluding carboxylic acids is 2. The van der Waals surface area contributed by atoms with Crippen LogP contribution in [0.3, 0.4) is 0 Å². The molecule has 11 heteroatoms. The third kappa shape index (κ3) is 17.4. The fourth-order valence-corrected chi connectivity index (χ4v) is 5.10. The number of aldehydes is 1. The van der Waals surface area contributed by atoms with Crippen molar-refractivity contribution in [1.82, 2.24) is 9.80 Å². The molecule has 2 aromatic rings. The summed E-state index contributed by atoms with van der Waals surface area (Å²) >= 11 is 0. The summed E-state index contributed by atoms with van der Waals surface area (Å²) in [4.78, 5) is 29.5. The maximum atomic E-state index is 13.3. The zero-order chi connectivity index (χ0) is 35.0. The van der Waals surface area contributed by atoms with Gasteiger partial charge in [0.05, 0.1) is 32.9 Å². The molecule has 0 saturated carbocycles. The lowest BCUT2D eigenvalue weighted by molar-refractivity contribution is -0.157. The number of nitrogens with zero attached hydrogens (tertiary/aromatic N) is 2. The topological polar surface area (TPSA) is 122 Å². The molecule has 0 radical (unpaired) electrons. The largest absolute Gasteiger partial charge is 0.467 e. The second-order valence-corrected chi connectivity index (χ2v) is 12.7. The summed E-state index contributed by atoms with van der Waals surface area (Å²) in [6.07, 6.45) is 5.42. The molecule has 11 nitrogen and oxygen atoms in total. The highest BCUT2D eigenvalue weighted by molar-refractivity contribution is 5.72. The van der Waals surface area contributed by atoms with Crippen molar-refractivity contribution < 1.29 is 38.0 Å². The van der Waals surface area contributed by atoms with Crippen LogP contribution in [0.15, 0.2) is 48.5 Å². The van der Waals surface area contributed by atoms with Gasteiger partial charge in [0.1, 0.15) is 23.4 Å². The number of methoxy groups -OCH3 is 1. The van der Waals surface area contributed by atoms with Crippen molar-refractivity contribution in [2.45, 2.75) is 84.5 Å². The van der Waals surface area contributed by atoms with Crippen LogP contribution in [0, 0.1) is 0 Å². The summed E-state index contributed by atoms with van der Waals surface area (Å²) in [5, 5.41) is 0. The Bertz CT molecular complexity index is 1160. The number of ether oxygens (including phenoxy) is 6. The van der Waals surface area contributed by atoms with Gasteiger partial charge in [0.15, 0.2) is 13.6 Å². The van der Waals surface area contributed by atoms with Crippen molar-refractivity contribution in [3.63, 3.8) is 0 Å². The normalized spacial score (nSPS) is 12.3. The van der Waals surface area contributed by atoms with E-state index in [1.54, 1.807) is 7.11 Å². The number of hydrogen-bond acceptors (Lipinski definition) is 11. The van der Waals surface area contributed by atoms with Crippen molar-refractivity contribution in [1.29, 1.82) is 0 Å². The quantitative estimate of drug-likeness (QED) is 0.0584. The van der Waals surface area contributed by atoms with Gasteiger partial charge in [0.2, 0.25) is 0 Å². The molecule has 0 bridgehead atoms. The van der Waals surface area contributed by atoms with Crippen LogP contribution in [-0.2, 0) is 41.6 Å². The summed E-state index contributed by atoms with van der Waals surface area (Å²) in [6.45, 7) is 11.7. The molecule has 1 unspecified atom stereocenters. The Labute approximate surface area is 287 Å². The zero-order valence-electron chi connectivity index (χ0n) is 29.8. The van der Waals surface area contributed by atoms with E-state index < -0.39 is 5.60 Å². The van der Waals surface area contributed by atoms with Crippen molar-refractivity contribution in [3.8, 4) is 11.5 Å². The molecular weight excluding hydrogens is 614 g/mol. The number of nitrogens with two attached hydrogens (primary N) is 1.